The van der Waals surface area contributed by atoms with E-state index in [1.807, 2.05) is 6.92 Å². The number of hydrogen-bond donors (Lipinski definition) is 1. The first-order chi connectivity index (χ1) is 9.51. The van der Waals surface area contributed by atoms with Gasteiger partial charge in [0.25, 0.3) is 0 Å². The summed E-state index contributed by atoms with van der Waals surface area (Å²) in [6.45, 7) is 2.41. The van der Waals surface area contributed by atoms with E-state index in [1.54, 1.807) is 30.3 Å². The Balaban J connectivity index is 2.30. The van der Waals surface area contributed by atoms with Crippen LogP contribution in [0, 0.1) is 0 Å². The van der Waals surface area contributed by atoms with Crippen LogP contribution in [0.1, 0.15) is 6.92 Å². The van der Waals surface area contributed by atoms with Gasteiger partial charge < -0.3 is 15.2 Å². The number of halogens is 3. The minimum absolute atomic E-state index is 0.455. The van der Waals surface area contributed by atoms with Gasteiger partial charge in [-0.05, 0) is 41.1 Å². The minimum atomic E-state index is 0.455. The van der Waals surface area contributed by atoms with Gasteiger partial charge in [0.05, 0.1) is 22.3 Å². The van der Waals surface area contributed by atoms with E-state index in [9.17, 15) is 0 Å². The molecule has 0 aromatic heterocycles. The maximum atomic E-state index is 6.11. The molecule has 0 spiro atoms. The summed E-state index contributed by atoms with van der Waals surface area (Å²) < 4.78 is 11.8. The molecule has 6 heteroatoms. The Morgan fingerprint density at radius 3 is 2.55 bits per heavy atom. The van der Waals surface area contributed by atoms with Crippen LogP contribution in [-0.4, -0.2) is 6.61 Å². The van der Waals surface area contributed by atoms with Crippen LogP contribution in [0.5, 0.6) is 17.2 Å². The van der Waals surface area contributed by atoms with E-state index in [-0.39, 0.29) is 0 Å². The largest absolute Gasteiger partial charge is 0.492 e. The van der Waals surface area contributed by atoms with Crippen LogP contribution >= 0.6 is 39.1 Å². The van der Waals surface area contributed by atoms with Gasteiger partial charge in [-0.25, -0.2) is 0 Å². The van der Waals surface area contributed by atoms with Crippen molar-refractivity contribution < 1.29 is 9.47 Å². The Bertz CT molecular complexity index is 635. The fourth-order valence-electron chi connectivity index (χ4n) is 1.57. The highest BCUT2D eigenvalue weighted by Crippen LogP contribution is 2.37. The molecule has 3 nitrogen and oxygen atoms in total. The standard InChI is InChI=1S/C14H12BrCl2NO2/c1-2-19-14-5-8(3-4-12(14)18)20-13-7-10(16)9(15)6-11(13)17/h3-7H,2,18H2,1H3. The van der Waals surface area contributed by atoms with E-state index < -0.39 is 0 Å². The van der Waals surface area contributed by atoms with E-state index in [4.69, 9.17) is 38.4 Å². The number of nitrogens with two attached hydrogens (primary N) is 1. The summed E-state index contributed by atoms with van der Waals surface area (Å²) in [5.41, 5.74) is 6.36. The zero-order chi connectivity index (χ0) is 14.7. The average molecular weight is 377 g/mol. The molecule has 0 aliphatic rings. The Labute approximate surface area is 135 Å². The van der Waals surface area contributed by atoms with Crippen LogP contribution in [0.25, 0.3) is 0 Å². The predicted octanol–water partition coefficient (Wildman–Crippen LogP) is 5.53. The van der Waals surface area contributed by atoms with Crippen molar-refractivity contribution in [2.24, 2.45) is 0 Å². The highest BCUT2D eigenvalue weighted by Gasteiger charge is 2.09. The Kier molecular flexibility index (Phi) is 5.02. The molecule has 2 aromatic rings. The maximum absolute atomic E-state index is 6.11. The van der Waals surface area contributed by atoms with Crippen LogP contribution in [-0.2, 0) is 0 Å². The van der Waals surface area contributed by atoms with E-state index in [0.717, 1.165) is 0 Å². The first kappa shape index (κ1) is 15.3. The fourth-order valence-corrected chi connectivity index (χ4v) is 2.40. The molecule has 2 N–H and O–H groups in total. The van der Waals surface area contributed by atoms with E-state index in [1.165, 1.54) is 0 Å². The average Bonchev–Trinajstić information content (AvgIpc) is 2.40. The number of benzene rings is 2. The second-order valence-corrected chi connectivity index (χ2v) is 5.60. The van der Waals surface area contributed by atoms with Crippen LogP contribution in [0.3, 0.4) is 0 Å². The highest BCUT2D eigenvalue weighted by atomic mass is 79.9. The molecule has 0 unspecified atom stereocenters. The molecule has 0 bridgehead atoms. The van der Waals surface area contributed by atoms with Gasteiger partial charge in [0.1, 0.15) is 17.2 Å². The van der Waals surface area contributed by atoms with Crippen molar-refractivity contribution in [2.75, 3.05) is 12.3 Å². The summed E-state index contributed by atoms with van der Waals surface area (Å²) in [6, 6.07) is 8.49. The Morgan fingerprint density at radius 1 is 1.10 bits per heavy atom. The van der Waals surface area contributed by atoms with Gasteiger partial charge >= 0.3 is 0 Å². The number of ether oxygens (including phenoxy) is 2. The van der Waals surface area contributed by atoms with E-state index in [0.29, 0.717) is 44.1 Å². The zero-order valence-electron chi connectivity index (χ0n) is 10.6. The Hall–Kier alpha value is -1.10. The van der Waals surface area contributed by atoms with Crippen molar-refractivity contribution in [3.05, 3.63) is 44.8 Å². The van der Waals surface area contributed by atoms with Crippen LogP contribution in [0.4, 0.5) is 5.69 Å². The molecule has 0 saturated carbocycles. The monoisotopic (exact) mass is 375 g/mol. The molecule has 2 rings (SSSR count). The lowest BCUT2D eigenvalue weighted by atomic mass is 10.2. The third-order valence-corrected chi connectivity index (χ3v) is 3.98. The van der Waals surface area contributed by atoms with Gasteiger partial charge in [0.2, 0.25) is 0 Å². The quantitative estimate of drug-likeness (QED) is 0.563. The fraction of sp³-hybridized carbons (Fsp3) is 0.143. The number of anilines is 1. The molecule has 0 radical (unpaired) electrons. The molecular formula is C14H12BrCl2NO2. The third-order valence-electron chi connectivity index (χ3n) is 2.49. The molecule has 0 amide bonds. The van der Waals surface area contributed by atoms with Gasteiger partial charge in [-0.1, -0.05) is 23.2 Å². The number of rotatable bonds is 4. The summed E-state index contributed by atoms with van der Waals surface area (Å²) in [4.78, 5) is 0. The summed E-state index contributed by atoms with van der Waals surface area (Å²) in [5, 5.41) is 0.973. The smallest absolute Gasteiger partial charge is 0.147 e. The lowest BCUT2D eigenvalue weighted by molar-refractivity contribution is 0.340. The van der Waals surface area contributed by atoms with Crippen LogP contribution in [0.2, 0.25) is 10.0 Å². The lowest BCUT2D eigenvalue weighted by Gasteiger charge is -2.12. The van der Waals surface area contributed by atoms with E-state index >= 15 is 0 Å². The maximum Gasteiger partial charge on any atom is 0.147 e. The van der Waals surface area contributed by atoms with Gasteiger partial charge in [-0.2, -0.15) is 0 Å². The normalized spacial score (nSPS) is 10.4. The topological polar surface area (TPSA) is 44.5 Å². The van der Waals surface area contributed by atoms with Crippen LogP contribution < -0.4 is 15.2 Å². The first-order valence-corrected chi connectivity index (χ1v) is 7.41. The van der Waals surface area contributed by atoms with Gasteiger partial charge in [-0.15, -0.1) is 0 Å². The van der Waals surface area contributed by atoms with Crippen molar-refractivity contribution in [3.63, 3.8) is 0 Å². The van der Waals surface area contributed by atoms with Crippen molar-refractivity contribution in [3.8, 4) is 17.2 Å². The lowest BCUT2D eigenvalue weighted by Crippen LogP contribution is -1.97. The SMILES string of the molecule is CCOc1cc(Oc2cc(Cl)c(Br)cc2Cl)ccc1N. The molecule has 0 aliphatic carbocycles. The minimum Gasteiger partial charge on any atom is -0.492 e. The number of nitrogen functional groups attached to an aromatic ring is 1. The predicted molar refractivity (Wildman–Crippen MR) is 86.3 cm³/mol. The van der Waals surface area contributed by atoms with Gasteiger partial charge in [0, 0.05) is 16.6 Å². The summed E-state index contributed by atoms with van der Waals surface area (Å²) in [6.07, 6.45) is 0. The molecular weight excluding hydrogens is 365 g/mol. The van der Waals surface area contributed by atoms with Crippen LogP contribution in [0.15, 0.2) is 34.8 Å². The molecule has 0 atom stereocenters. The molecule has 0 aliphatic heterocycles. The molecule has 106 valence electrons. The van der Waals surface area contributed by atoms with Crippen molar-refractivity contribution in [2.45, 2.75) is 6.92 Å². The summed E-state index contributed by atoms with van der Waals surface area (Å²) in [7, 11) is 0. The molecule has 20 heavy (non-hydrogen) atoms. The second-order valence-electron chi connectivity index (χ2n) is 3.93. The third kappa shape index (κ3) is 3.51. The van der Waals surface area contributed by atoms with Gasteiger partial charge in [-0.3, -0.25) is 0 Å². The Morgan fingerprint density at radius 2 is 1.85 bits per heavy atom. The molecule has 0 saturated heterocycles. The summed E-state index contributed by atoms with van der Waals surface area (Å²) in [5.74, 6) is 1.61. The van der Waals surface area contributed by atoms with E-state index in [2.05, 4.69) is 15.9 Å². The van der Waals surface area contributed by atoms with Crippen molar-refractivity contribution in [1.29, 1.82) is 0 Å². The first-order valence-electron chi connectivity index (χ1n) is 5.86. The highest BCUT2D eigenvalue weighted by molar-refractivity contribution is 9.10. The molecule has 2 aromatic carbocycles. The zero-order valence-corrected chi connectivity index (χ0v) is 13.7. The number of hydrogen-bond acceptors (Lipinski definition) is 3. The molecule has 0 heterocycles. The van der Waals surface area contributed by atoms with Crippen molar-refractivity contribution in [1.82, 2.24) is 0 Å². The molecule has 0 fully saturated rings. The van der Waals surface area contributed by atoms with Gasteiger partial charge in [0.15, 0.2) is 0 Å². The second kappa shape index (κ2) is 6.57. The summed E-state index contributed by atoms with van der Waals surface area (Å²) >= 11 is 15.4. The van der Waals surface area contributed by atoms with Crippen molar-refractivity contribution >= 4 is 44.8 Å².